The highest BCUT2D eigenvalue weighted by Gasteiger charge is 2.22. The number of para-hydroxylation sites is 1. The molecule has 4 rings (SSSR count). The van der Waals surface area contributed by atoms with E-state index in [1.54, 1.807) is 7.11 Å². The lowest BCUT2D eigenvalue weighted by molar-refractivity contribution is -0.113. The summed E-state index contributed by atoms with van der Waals surface area (Å²) in [7, 11) is 1.64. The third-order valence-electron chi connectivity index (χ3n) is 5.23. The molecule has 3 aromatic rings. The van der Waals surface area contributed by atoms with Crippen molar-refractivity contribution < 1.29 is 14.3 Å². The number of nitrogens with one attached hydrogen (secondary N) is 1. The van der Waals surface area contributed by atoms with Gasteiger partial charge in [0.1, 0.15) is 5.75 Å². The first-order chi connectivity index (χ1) is 15.1. The molecule has 0 aliphatic carbocycles. The summed E-state index contributed by atoms with van der Waals surface area (Å²) >= 11 is 1.38. The quantitative estimate of drug-likeness (QED) is 0.532. The minimum Gasteiger partial charge on any atom is -0.497 e. The van der Waals surface area contributed by atoms with Gasteiger partial charge in [-0.2, -0.15) is 0 Å². The first kappa shape index (κ1) is 21.4. The van der Waals surface area contributed by atoms with Crippen LogP contribution in [0.4, 0.5) is 5.69 Å². The molecule has 7 nitrogen and oxygen atoms in total. The highest BCUT2D eigenvalue weighted by Crippen LogP contribution is 2.28. The van der Waals surface area contributed by atoms with Gasteiger partial charge >= 0.3 is 0 Å². The molecule has 1 aliphatic rings. The molecule has 1 fully saturated rings. The van der Waals surface area contributed by atoms with Gasteiger partial charge in [0, 0.05) is 17.9 Å². The molecule has 1 aromatic heterocycles. The van der Waals surface area contributed by atoms with Crippen LogP contribution in [0, 0.1) is 6.92 Å². The summed E-state index contributed by atoms with van der Waals surface area (Å²) in [5.74, 6) is 1.73. The monoisotopic (exact) mass is 438 g/mol. The number of benzene rings is 2. The zero-order valence-electron chi connectivity index (χ0n) is 17.7. The van der Waals surface area contributed by atoms with Crippen molar-refractivity contribution in [3.63, 3.8) is 0 Å². The first-order valence-corrected chi connectivity index (χ1v) is 11.3. The number of aromatic nitrogens is 3. The van der Waals surface area contributed by atoms with E-state index >= 15 is 0 Å². The lowest BCUT2D eigenvalue weighted by Gasteiger charge is -2.15. The number of ether oxygens (including phenoxy) is 2. The van der Waals surface area contributed by atoms with Crippen molar-refractivity contribution in [3.8, 4) is 17.1 Å². The van der Waals surface area contributed by atoms with E-state index in [2.05, 4.69) is 20.1 Å². The zero-order valence-corrected chi connectivity index (χ0v) is 18.5. The molecular formula is C23H26N4O3S. The number of hydrogen-bond donors (Lipinski definition) is 1. The molecule has 1 N–H and O–H groups in total. The Labute approximate surface area is 186 Å². The number of aryl methyl sites for hydroxylation is 1. The Hall–Kier alpha value is -2.84. The normalized spacial score (nSPS) is 15.7. The highest BCUT2D eigenvalue weighted by molar-refractivity contribution is 7.99. The van der Waals surface area contributed by atoms with E-state index in [0.29, 0.717) is 11.7 Å². The standard InChI is InChI=1S/C23H26N4O3S/c1-16-6-3-4-8-20(16)24-21(28)15-31-23-26-25-22(17-9-11-18(29-2)12-10-17)27(23)14-19-7-5-13-30-19/h3-4,6,8-12,19H,5,7,13-15H2,1-2H3,(H,24,28). The van der Waals surface area contributed by atoms with Crippen molar-refractivity contribution in [2.75, 3.05) is 24.8 Å². The maximum absolute atomic E-state index is 12.5. The minimum absolute atomic E-state index is 0.0723. The van der Waals surface area contributed by atoms with Crippen LogP contribution in [0.2, 0.25) is 0 Å². The van der Waals surface area contributed by atoms with Gasteiger partial charge in [-0.1, -0.05) is 30.0 Å². The fourth-order valence-electron chi connectivity index (χ4n) is 3.54. The topological polar surface area (TPSA) is 78.3 Å². The van der Waals surface area contributed by atoms with E-state index < -0.39 is 0 Å². The SMILES string of the molecule is COc1ccc(-c2nnc(SCC(=O)Nc3ccccc3C)n2CC2CCCO2)cc1. The minimum atomic E-state index is -0.0723. The first-order valence-electron chi connectivity index (χ1n) is 10.3. The van der Waals surface area contributed by atoms with Gasteiger partial charge in [0.15, 0.2) is 11.0 Å². The van der Waals surface area contributed by atoms with Crippen LogP contribution in [0.5, 0.6) is 5.75 Å². The summed E-state index contributed by atoms with van der Waals surface area (Å²) < 4.78 is 13.2. The Kier molecular flexibility index (Phi) is 6.89. The van der Waals surface area contributed by atoms with Crippen LogP contribution in [0.25, 0.3) is 11.4 Å². The van der Waals surface area contributed by atoms with Gasteiger partial charge in [-0.25, -0.2) is 0 Å². The van der Waals surface area contributed by atoms with E-state index in [4.69, 9.17) is 9.47 Å². The average molecular weight is 439 g/mol. The van der Waals surface area contributed by atoms with Crippen LogP contribution in [-0.2, 0) is 16.1 Å². The molecule has 0 saturated carbocycles. The molecule has 162 valence electrons. The van der Waals surface area contributed by atoms with Crippen molar-refractivity contribution in [1.82, 2.24) is 14.8 Å². The molecule has 2 heterocycles. The number of carbonyl (C=O) groups excluding carboxylic acids is 1. The number of rotatable bonds is 8. The van der Waals surface area contributed by atoms with Crippen LogP contribution >= 0.6 is 11.8 Å². The van der Waals surface area contributed by atoms with E-state index in [-0.39, 0.29) is 17.8 Å². The molecule has 8 heteroatoms. The number of carbonyl (C=O) groups is 1. The Bertz CT molecular complexity index is 1030. The van der Waals surface area contributed by atoms with Crippen LogP contribution in [0.1, 0.15) is 18.4 Å². The predicted octanol–water partition coefficient (Wildman–Crippen LogP) is 4.17. The maximum Gasteiger partial charge on any atom is 0.234 e. The Morgan fingerprint density at radius 1 is 1.23 bits per heavy atom. The lowest BCUT2D eigenvalue weighted by Crippen LogP contribution is -2.18. The Morgan fingerprint density at radius 3 is 2.74 bits per heavy atom. The molecule has 1 aliphatic heterocycles. The molecule has 0 spiro atoms. The second-order valence-corrected chi connectivity index (χ2v) is 8.37. The van der Waals surface area contributed by atoms with E-state index in [1.807, 2.05) is 55.5 Å². The largest absolute Gasteiger partial charge is 0.497 e. The van der Waals surface area contributed by atoms with Crippen LogP contribution < -0.4 is 10.1 Å². The van der Waals surface area contributed by atoms with E-state index in [0.717, 1.165) is 47.8 Å². The van der Waals surface area contributed by atoms with Gasteiger partial charge in [0.2, 0.25) is 5.91 Å². The summed E-state index contributed by atoms with van der Waals surface area (Å²) in [6, 6.07) is 15.5. The van der Waals surface area contributed by atoms with Gasteiger partial charge in [-0.3, -0.25) is 9.36 Å². The number of anilines is 1. The smallest absolute Gasteiger partial charge is 0.234 e. The summed E-state index contributed by atoms with van der Waals surface area (Å²) in [6.07, 6.45) is 2.21. The van der Waals surface area contributed by atoms with Crippen LogP contribution in [0.3, 0.4) is 0 Å². The molecule has 0 bridgehead atoms. The number of thioether (sulfide) groups is 1. The Morgan fingerprint density at radius 2 is 2.03 bits per heavy atom. The number of nitrogens with zero attached hydrogens (tertiary/aromatic N) is 3. The fraction of sp³-hybridized carbons (Fsp3) is 0.348. The predicted molar refractivity (Wildman–Crippen MR) is 122 cm³/mol. The molecule has 1 amide bonds. The second-order valence-electron chi connectivity index (χ2n) is 7.43. The number of methoxy groups -OCH3 is 1. The molecule has 1 saturated heterocycles. The van der Waals surface area contributed by atoms with Crippen LogP contribution in [0.15, 0.2) is 53.7 Å². The second kappa shape index (κ2) is 9.98. The number of hydrogen-bond acceptors (Lipinski definition) is 6. The summed E-state index contributed by atoms with van der Waals surface area (Å²) in [6.45, 7) is 3.42. The van der Waals surface area contributed by atoms with Crippen molar-refractivity contribution in [3.05, 3.63) is 54.1 Å². The third kappa shape index (κ3) is 5.26. The summed E-state index contributed by atoms with van der Waals surface area (Å²) in [4.78, 5) is 12.5. The fourth-order valence-corrected chi connectivity index (χ4v) is 4.28. The van der Waals surface area contributed by atoms with Gasteiger partial charge in [0.05, 0.1) is 25.5 Å². The third-order valence-corrected chi connectivity index (χ3v) is 6.19. The number of amides is 1. The molecule has 1 atom stereocenters. The van der Waals surface area contributed by atoms with Crippen molar-refractivity contribution in [2.24, 2.45) is 0 Å². The van der Waals surface area contributed by atoms with Gasteiger partial charge in [-0.15, -0.1) is 10.2 Å². The lowest BCUT2D eigenvalue weighted by atomic mass is 10.2. The van der Waals surface area contributed by atoms with Crippen molar-refractivity contribution in [2.45, 2.75) is 37.6 Å². The van der Waals surface area contributed by atoms with Crippen molar-refractivity contribution >= 4 is 23.4 Å². The highest BCUT2D eigenvalue weighted by atomic mass is 32.2. The van der Waals surface area contributed by atoms with Crippen LogP contribution in [-0.4, -0.2) is 46.2 Å². The van der Waals surface area contributed by atoms with E-state index in [9.17, 15) is 4.79 Å². The Balaban J connectivity index is 1.51. The molecule has 31 heavy (non-hydrogen) atoms. The molecule has 0 radical (unpaired) electrons. The van der Waals surface area contributed by atoms with Gasteiger partial charge in [0.25, 0.3) is 0 Å². The zero-order chi connectivity index (χ0) is 21.6. The average Bonchev–Trinajstić information content (AvgIpc) is 3.44. The summed E-state index contributed by atoms with van der Waals surface area (Å²) in [5, 5.41) is 12.5. The molecular weight excluding hydrogens is 412 g/mol. The van der Waals surface area contributed by atoms with Crippen molar-refractivity contribution in [1.29, 1.82) is 0 Å². The van der Waals surface area contributed by atoms with Gasteiger partial charge in [-0.05, 0) is 55.7 Å². The summed E-state index contributed by atoms with van der Waals surface area (Å²) in [5.41, 5.74) is 2.81. The molecule has 1 unspecified atom stereocenters. The maximum atomic E-state index is 12.5. The van der Waals surface area contributed by atoms with Gasteiger partial charge < -0.3 is 14.8 Å². The molecule has 2 aromatic carbocycles. The van der Waals surface area contributed by atoms with E-state index in [1.165, 1.54) is 11.8 Å².